The molecule has 1 aliphatic rings. The molecule has 2 N–H and O–H groups in total. The molecule has 1 aromatic rings. The van der Waals surface area contributed by atoms with Crippen LogP contribution in [0.15, 0.2) is 6.07 Å². The van der Waals surface area contributed by atoms with Crippen LogP contribution in [0.2, 0.25) is 0 Å². The Labute approximate surface area is 90.5 Å². The number of aromatic nitrogens is 2. The average molecular weight is 206 g/mol. The van der Waals surface area contributed by atoms with E-state index in [-0.39, 0.29) is 0 Å². The molecule has 1 saturated carbocycles. The molecule has 4 nitrogen and oxygen atoms in total. The van der Waals surface area contributed by atoms with Gasteiger partial charge in [0.25, 0.3) is 0 Å². The van der Waals surface area contributed by atoms with Gasteiger partial charge in [-0.3, -0.25) is 4.90 Å². The van der Waals surface area contributed by atoms with Crippen LogP contribution >= 0.6 is 0 Å². The summed E-state index contributed by atoms with van der Waals surface area (Å²) in [7, 11) is 2.11. The van der Waals surface area contributed by atoms with Gasteiger partial charge in [-0.1, -0.05) is 0 Å². The lowest BCUT2D eigenvalue weighted by molar-refractivity contribution is 0.305. The molecule has 2 rings (SSSR count). The van der Waals surface area contributed by atoms with Crippen molar-refractivity contribution in [3.05, 3.63) is 17.6 Å². The van der Waals surface area contributed by atoms with Gasteiger partial charge in [0.15, 0.2) is 0 Å². The Morgan fingerprint density at radius 1 is 1.47 bits per heavy atom. The summed E-state index contributed by atoms with van der Waals surface area (Å²) in [4.78, 5) is 10.9. The van der Waals surface area contributed by atoms with Crippen molar-refractivity contribution in [3.63, 3.8) is 0 Å². The van der Waals surface area contributed by atoms with Gasteiger partial charge >= 0.3 is 0 Å². The monoisotopic (exact) mass is 206 g/mol. The predicted molar refractivity (Wildman–Crippen MR) is 60.2 cm³/mol. The van der Waals surface area contributed by atoms with E-state index in [4.69, 9.17) is 5.73 Å². The third kappa shape index (κ3) is 3.16. The lowest BCUT2D eigenvalue weighted by Gasteiger charge is -2.15. The summed E-state index contributed by atoms with van der Waals surface area (Å²) < 4.78 is 0. The molecular weight excluding hydrogens is 188 g/mol. The van der Waals surface area contributed by atoms with E-state index >= 15 is 0 Å². The summed E-state index contributed by atoms with van der Waals surface area (Å²) in [5.74, 6) is 2.30. The summed E-state index contributed by atoms with van der Waals surface area (Å²) in [6.07, 6.45) is 2.75. The van der Waals surface area contributed by atoms with Crippen LogP contribution in [0, 0.1) is 12.8 Å². The van der Waals surface area contributed by atoms with E-state index in [1.54, 1.807) is 6.07 Å². The van der Waals surface area contributed by atoms with E-state index in [0.29, 0.717) is 5.82 Å². The first-order chi connectivity index (χ1) is 7.13. The van der Waals surface area contributed by atoms with Crippen LogP contribution in [0.1, 0.15) is 24.4 Å². The Bertz CT molecular complexity index is 326. The van der Waals surface area contributed by atoms with Crippen molar-refractivity contribution in [2.75, 3.05) is 19.3 Å². The number of hydrogen-bond acceptors (Lipinski definition) is 4. The number of nitrogens with two attached hydrogens (primary N) is 1. The molecule has 0 saturated heterocycles. The predicted octanol–water partition coefficient (Wildman–Crippen LogP) is 1.21. The number of hydrogen-bond donors (Lipinski definition) is 1. The highest BCUT2D eigenvalue weighted by molar-refractivity contribution is 5.29. The zero-order valence-corrected chi connectivity index (χ0v) is 9.40. The fourth-order valence-corrected chi connectivity index (χ4v) is 1.77. The third-order valence-corrected chi connectivity index (χ3v) is 2.60. The Morgan fingerprint density at radius 3 is 2.80 bits per heavy atom. The van der Waals surface area contributed by atoms with Crippen molar-refractivity contribution in [3.8, 4) is 0 Å². The Kier molecular flexibility index (Phi) is 2.86. The van der Waals surface area contributed by atoms with Crippen LogP contribution < -0.4 is 5.73 Å². The number of nitrogen functional groups attached to an aromatic ring is 1. The molecule has 15 heavy (non-hydrogen) atoms. The molecule has 0 bridgehead atoms. The topological polar surface area (TPSA) is 55.0 Å². The summed E-state index contributed by atoms with van der Waals surface area (Å²) in [6.45, 7) is 3.89. The molecule has 1 aliphatic carbocycles. The first-order valence-electron chi connectivity index (χ1n) is 5.42. The van der Waals surface area contributed by atoms with Gasteiger partial charge in [0.2, 0.25) is 0 Å². The maximum absolute atomic E-state index is 5.68. The number of rotatable bonds is 4. The van der Waals surface area contributed by atoms with Crippen LogP contribution in [0.25, 0.3) is 0 Å². The molecule has 0 unspecified atom stereocenters. The van der Waals surface area contributed by atoms with Crippen LogP contribution in [0.4, 0.5) is 5.82 Å². The van der Waals surface area contributed by atoms with Crippen molar-refractivity contribution in [2.24, 2.45) is 5.92 Å². The average Bonchev–Trinajstić information content (AvgIpc) is 2.85. The van der Waals surface area contributed by atoms with Crippen molar-refractivity contribution in [1.29, 1.82) is 0 Å². The number of anilines is 1. The highest BCUT2D eigenvalue weighted by Crippen LogP contribution is 2.29. The molecule has 4 heteroatoms. The van der Waals surface area contributed by atoms with Crippen molar-refractivity contribution in [1.82, 2.24) is 14.9 Å². The Hall–Kier alpha value is -1.16. The smallest absolute Gasteiger partial charge is 0.144 e. The van der Waals surface area contributed by atoms with Crippen molar-refractivity contribution in [2.45, 2.75) is 26.3 Å². The zero-order chi connectivity index (χ0) is 10.8. The normalized spacial score (nSPS) is 15.9. The Morgan fingerprint density at radius 2 is 2.20 bits per heavy atom. The molecule has 0 atom stereocenters. The fraction of sp³-hybridized carbons (Fsp3) is 0.636. The molecule has 1 fully saturated rings. The van der Waals surface area contributed by atoms with Crippen LogP contribution in [0.3, 0.4) is 0 Å². The van der Waals surface area contributed by atoms with Crippen molar-refractivity contribution >= 4 is 5.82 Å². The maximum atomic E-state index is 5.68. The maximum Gasteiger partial charge on any atom is 0.144 e. The van der Waals surface area contributed by atoms with Crippen LogP contribution in [0.5, 0.6) is 0 Å². The van der Waals surface area contributed by atoms with Gasteiger partial charge in [0.1, 0.15) is 11.6 Å². The van der Waals surface area contributed by atoms with E-state index in [0.717, 1.165) is 30.5 Å². The summed E-state index contributed by atoms with van der Waals surface area (Å²) in [6, 6.07) is 1.80. The van der Waals surface area contributed by atoms with E-state index in [1.165, 1.54) is 12.8 Å². The van der Waals surface area contributed by atoms with Crippen LogP contribution in [-0.2, 0) is 6.54 Å². The van der Waals surface area contributed by atoms with Gasteiger partial charge < -0.3 is 5.73 Å². The molecule has 0 aromatic carbocycles. The Balaban J connectivity index is 1.96. The van der Waals surface area contributed by atoms with Gasteiger partial charge in [0.05, 0.1) is 6.54 Å². The number of aryl methyl sites for hydroxylation is 1. The molecule has 0 amide bonds. The lowest BCUT2D eigenvalue weighted by atomic mass is 10.3. The minimum absolute atomic E-state index is 0.567. The highest BCUT2D eigenvalue weighted by atomic mass is 15.1. The van der Waals surface area contributed by atoms with E-state index in [2.05, 4.69) is 21.9 Å². The minimum Gasteiger partial charge on any atom is -0.384 e. The minimum atomic E-state index is 0.567. The first kappa shape index (κ1) is 10.4. The van der Waals surface area contributed by atoms with E-state index in [9.17, 15) is 0 Å². The lowest BCUT2D eigenvalue weighted by Crippen LogP contribution is -2.22. The molecular formula is C11H18N4. The first-order valence-corrected chi connectivity index (χ1v) is 5.42. The van der Waals surface area contributed by atoms with Gasteiger partial charge in [-0.25, -0.2) is 9.97 Å². The highest BCUT2D eigenvalue weighted by Gasteiger charge is 2.22. The fourth-order valence-electron chi connectivity index (χ4n) is 1.77. The standard InChI is InChI=1S/C11H18N4/c1-8-5-10(12)14-11(13-8)7-15(2)6-9-3-4-9/h5,9H,3-4,6-7H2,1-2H3,(H2,12,13,14). The van der Waals surface area contributed by atoms with Gasteiger partial charge in [0, 0.05) is 18.3 Å². The van der Waals surface area contributed by atoms with Gasteiger partial charge in [-0.05, 0) is 32.7 Å². The van der Waals surface area contributed by atoms with E-state index in [1.807, 2.05) is 6.92 Å². The second-order valence-electron chi connectivity index (χ2n) is 4.49. The second kappa shape index (κ2) is 4.14. The second-order valence-corrected chi connectivity index (χ2v) is 4.49. The quantitative estimate of drug-likeness (QED) is 0.804. The molecule has 82 valence electrons. The summed E-state index contributed by atoms with van der Waals surface area (Å²) in [5.41, 5.74) is 6.62. The molecule has 0 aliphatic heterocycles. The third-order valence-electron chi connectivity index (χ3n) is 2.60. The number of nitrogens with zero attached hydrogens (tertiary/aromatic N) is 3. The van der Waals surface area contributed by atoms with E-state index < -0.39 is 0 Å². The van der Waals surface area contributed by atoms with Crippen LogP contribution in [-0.4, -0.2) is 28.5 Å². The van der Waals surface area contributed by atoms with Gasteiger partial charge in [-0.15, -0.1) is 0 Å². The zero-order valence-electron chi connectivity index (χ0n) is 9.40. The molecule has 0 radical (unpaired) electrons. The molecule has 1 aromatic heterocycles. The van der Waals surface area contributed by atoms with Crippen molar-refractivity contribution < 1.29 is 0 Å². The molecule has 1 heterocycles. The SMILES string of the molecule is Cc1cc(N)nc(CN(C)CC2CC2)n1. The summed E-state index contributed by atoms with van der Waals surface area (Å²) in [5, 5.41) is 0. The summed E-state index contributed by atoms with van der Waals surface area (Å²) >= 11 is 0. The molecule has 0 spiro atoms. The van der Waals surface area contributed by atoms with Gasteiger partial charge in [-0.2, -0.15) is 0 Å². The largest absolute Gasteiger partial charge is 0.384 e.